The SMILES string of the molecule is CN(C1CCCCC1)C1CCC/C1=N/O. The van der Waals surface area contributed by atoms with Crippen molar-refractivity contribution in [1.82, 2.24) is 4.90 Å². The first-order chi connectivity index (χ1) is 7.33. The van der Waals surface area contributed by atoms with Gasteiger partial charge >= 0.3 is 0 Å². The smallest absolute Gasteiger partial charge is 0.0742 e. The second kappa shape index (κ2) is 4.97. The van der Waals surface area contributed by atoms with Crippen molar-refractivity contribution in [3.05, 3.63) is 0 Å². The fraction of sp³-hybridized carbons (Fsp3) is 0.917. The molecule has 3 heteroatoms. The van der Waals surface area contributed by atoms with Gasteiger partial charge in [-0.3, -0.25) is 4.90 Å². The predicted octanol–water partition coefficient (Wildman–Crippen LogP) is 2.63. The van der Waals surface area contributed by atoms with Crippen molar-refractivity contribution in [3.8, 4) is 0 Å². The Morgan fingerprint density at radius 1 is 1.13 bits per heavy atom. The van der Waals surface area contributed by atoms with Crippen LogP contribution < -0.4 is 0 Å². The average molecular weight is 210 g/mol. The number of hydrogen-bond donors (Lipinski definition) is 1. The standard InChI is InChI=1S/C12H22N2O/c1-14(10-6-3-2-4-7-10)12-9-5-8-11(12)13-15/h10,12,15H,2-9H2,1H3/b13-11-. The van der Waals surface area contributed by atoms with Gasteiger partial charge < -0.3 is 5.21 Å². The van der Waals surface area contributed by atoms with Gasteiger partial charge in [0.25, 0.3) is 0 Å². The quantitative estimate of drug-likeness (QED) is 0.562. The van der Waals surface area contributed by atoms with Crippen molar-refractivity contribution in [2.75, 3.05) is 7.05 Å². The Morgan fingerprint density at radius 3 is 2.53 bits per heavy atom. The summed E-state index contributed by atoms with van der Waals surface area (Å²) in [7, 11) is 2.21. The van der Waals surface area contributed by atoms with Gasteiger partial charge in [-0.1, -0.05) is 24.4 Å². The van der Waals surface area contributed by atoms with Crippen molar-refractivity contribution in [1.29, 1.82) is 0 Å². The van der Waals surface area contributed by atoms with Crippen LogP contribution in [0.1, 0.15) is 51.4 Å². The molecule has 0 radical (unpaired) electrons. The molecule has 1 N–H and O–H groups in total. The third kappa shape index (κ3) is 2.33. The number of nitrogens with zero attached hydrogens (tertiary/aromatic N) is 2. The Morgan fingerprint density at radius 2 is 1.87 bits per heavy atom. The van der Waals surface area contributed by atoms with E-state index >= 15 is 0 Å². The minimum absolute atomic E-state index is 0.415. The van der Waals surface area contributed by atoms with Crippen LogP contribution in [0.4, 0.5) is 0 Å². The minimum atomic E-state index is 0.415. The zero-order valence-corrected chi connectivity index (χ0v) is 9.65. The van der Waals surface area contributed by atoms with E-state index in [4.69, 9.17) is 5.21 Å². The molecule has 15 heavy (non-hydrogen) atoms. The van der Waals surface area contributed by atoms with E-state index < -0.39 is 0 Å². The molecule has 0 aliphatic heterocycles. The molecule has 0 amide bonds. The number of hydrogen-bond acceptors (Lipinski definition) is 3. The van der Waals surface area contributed by atoms with Crippen LogP contribution in [0, 0.1) is 0 Å². The summed E-state index contributed by atoms with van der Waals surface area (Å²) in [6.45, 7) is 0. The summed E-state index contributed by atoms with van der Waals surface area (Å²) in [5.41, 5.74) is 1.00. The Labute approximate surface area is 92.1 Å². The second-order valence-electron chi connectivity index (χ2n) is 4.96. The summed E-state index contributed by atoms with van der Waals surface area (Å²) in [5.74, 6) is 0. The maximum Gasteiger partial charge on any atom is 0.0742 e. The maximum atomic E-state index is 8.94. The van der Waals surface area contributed by atoms with Gasteiger partial charge in [0.15, 0.2) is 0 Å². The van der Waals surface area contributed by atoms with E-state index in [1.807, 2.05) is 0 Å². The van der Waals surface area contributed by atoms with Crippen molar-refractivity contribution in [2.24, 2.45) is 5.16 Å². The van der Waals surface area contributed by atoms with E-state index in [0.717, 1.165) is 18.2 Å². The van der Waals surface area contributed by atoms with Gasteiger partial charge in [-0.15, -0.1) is 0 Å². The van der Waals surface area contributed by atoms with Crippen LogP contribution in [0.2, 0.25) is 0 Å². The van der Waals surface area contributed by atoms with Crippen LogP contribution in [-0.2, 0) is 0 Å². The molecule has 2 fully saturated rings. The Kier molecular flexibility index (Phi) is 3.62. The van der Waals surface area contributed by atoms with Crippen LogP contribution in [-0.4, -0.2) is 35.0 Å². The largest absolute Gasteiger partial charge is 0.411 e. The second-order valence-corrected chi connectivity index (χ2v) is 4.96. The zero-order valence-electron chi connectivity index (χ0n) is 9.65. The van der Waals surface area contributed by atoms with E-state index in [1.165, 1.54) is 44.9 Å². The molecule has 86 valence electrons. The highest BCUT2D eigenvalue weighted by molar-refractivity contribution is 5.90. The Balaban J connectivity index is 1.96. The first kappa shape index (κ1) is 10.9. The molecule has 3 nitrogen and oxygen atoms in total. The zero-order chi connectivity index (χ0) is 10.7. The monoisotopic (exact) mass is 210 g/mol. The molecule has 0 aromatic carbocycles. The van der Waals surface area contributed by atoms with E-state index in [2.05, 4.69) is 17.1 Å². The molecule has 1 atom stereocenters. The molecule has 1 unspecified atom stereocenters. The van der Waals surface area contributed by atoms with E-state index in [0.29, 0.717) is 6.04 Å². The highest BCUT2D eigenvalue weighted by Gasteiger charge is 2.31. The number of rotatable bonds is 2. The van der Waals surface area contributed by atoms with Gasteiger partial charge in [0.1, 0.15) is 0 Å². The molecule has 2 aliphatic carbocycles. The maximum absolute atomic E-state index is 8.94. The lowest BCUT2D eigenvalue weighted by Crippen LogP contribution is -2.43. The lowest BCUT2D eigenvalue weighted by Gasteiger charge is -2.35. The van der Waals surface area contributed by atoms with Crippen molar-refractivity contribution in [3.63, 3.8) is 0 Å². The average Bonchev–Trinajstić information content (AvgIpc) is 2.77. The third-order valence-corrected chi connectivity index (χ3v) is 4.07. The Bertz CT molecular complexity index is 234. The summed E-state index contributed by atoms with van der Waals surface area (Å²) in [6, 6.07) is 1.14. The van der Waals surface area contributed by atoms with Gasteiger partial charge in [0.05, 0.1) is 11.8 Å². The van der Waals surface area contributed by atoms with Crippen LogP contribution in [0.5, 0.6) is 0 Å². The van der Waals surface area contributed by atoms with Crippen molar-refractivity contribution < 1.29 is 5.21 Å². The predicted molar refractivity (Wildman–Crippen MR) is 61.5 cm³/mol. The highest BCUT2D eigenvalue weighted by Crippen LogP contribution is 2.28. The molecule has 2 saturated carbocycles. The van der Waals surface area contributed by atoms with E-state index in [-0.39, 0.29) is 0 Å². The topological polar surface area (TPSA) is 35.8 Å². The van der Waals surface area contributed by atoms with Crippen LogP contribution >= 0.6 is 0 Å². The van der Waals surface area contributed by atoms with Crippen LogP contribution in [0.3, 0.4) is 0 Å². The van der Waals surface area contributed by atoms with Gasteiger partial charge in [-0.2, -0.15) is 0 Å². The molecule has 0 aromatic rings. The molecular formula is C12H22N2O. The highest BCUT2D eigenvalue weighted by atomic mass is 16.4. The lowest BCUT2D eigenvalue weighted by molar-refractivity contribution is 0.166. The molecule has 0 spiro atoms. The van der Waals surface area contributed by atoms with Gasteiger partial charge in [-0.05, 0) is 39.2 Å². The summed E-state index contributed by atoms with van der Waals surface area (Å²) in [6.07, 6.45) is 10.1. The summed E-state index contributed by atoms with van der Waals surface area (Å²) in [5, 5.41) is 12.4. The molecule has 2 aliphatic rings. The van der Waals surface area contributed by atoms with E-state index in [9.17, 15) is 0 Å². The fourth-order valence-electron chi connectivity index (χ4n) is 3.11. The lowest BCUT2D eigenvalue weighted by atomic mass is 9.93. The normalized spacial score (nSPS) is 31.6. The first-order valence-electron chi connectivity index (χ1n) is 6.25. The summed E-state index contributed by atoms with van der Waals surface area (Å²) >= 11 is 0. The molecule has 0 bridgehead atoms. The van der Waals surface area contributed by atoms with E-state index in [1.54, 1.807) is 0 Å². The Hall–Kier alpha value is -0.570. The third-order valence-electron chi connectivity index (χ3n) is 4.07. The molecule has 2 rings (SSSR count). The molecule has 0 aromatic heterocycles. The van der Waals surface area contributed by atoms with Gasteiger partial charge in [-0.25, -0.2) is 0 Å². The fourth-order valence-corrected chi connectivity index (χ4v) is 3.11. The molecule has 0 heterocycles. The molecule has 0 saturated heterocycles. The van der Waals surface area contributed by atoms with Crippen LogP contribution in [0.25, 0.3) is 0 Å². The summed E-state index contributed by atoms with van der Waals surface area (Å²) in [4.78, 5) is 2.46. The van der Waals surface area contributed by atoms with Crippen molar-refractivity contribution in [2.45, 2.75) is 63.5 Å². The van der Waals surface area contributed by atoms with Gasteiger partial charge in [0, 0.05) is 6.04 Å². The summed E-state index contributed by atoms with van der Waals surface area (Å²) < 4.78 is 0. The van der Waals surface area contributed by atoms with Gasteiger partial charge in [0.2, 0.25) is 0 Å². The first-order valence-corrected chi connectivity index (χ1v) is 6.25. The minimum Gasteiger partial charge on any atom is -0.411 e. The molecular weight excluding hydrogens is 188 g/mol. The van der Waals surface area contributed by atoms with Crippen molar-refractivity contribution >= 4 is 5.71 Å². The number of oxime groups is 1. The van der Waals surface area contributed by atoms with Crippen LogP contribution in [0.15, 0.2) is 5.16 Å².